The van der Waals surface area contributed by atoms with Gasteiger partial charge in [-0.2, -0.15) is 5.10 Å². The molecule has 0 saturated heterocycles. The van der Waals surface area contributed by atoms with E-state index in [0.29, 0.717) is 6.61 Å². The predicted octanol–water partition coefficient (Wildman–Crippen LogP) is 3.38. The fourth-order valence-electron chi connectivity index (χ4n) is 1.66. The number of nitrogens with zero attached hydrogens (tertiary/aromatic N) is 2. The smallest absolute Gasteiger partial charge is 0.130 e. The second-order valence-electron chi connectivity index (χ2n) is 4.10. The van der Waals surface area contributed by atoms with Crippen LogP contribution in [0.25, 0.3) is 0 Å². The Morgan fingerprint density at radius 1 is 1.29 bits per heavy atom. The SMILES string of the molecule is Cc1cc(COc2ccc(Br)c(C)c2)n(C)n1. The quantitative estimate of drug-likeness (QED) is 0.868. The van der Waals surface area contributed by atoms with Gasteiger partial charge in [0.25, 0.3) is 0 Å². The highest BCUT2D eigenvalue weighted by Crippen LogP contribution is 2.22. The Labute approximate surface area is 110 Å². The van der Waals surface area contributed by atoms with E-state index in [1.54, 1.807) is 0 Å². The zero-order valence-electron chi connectivity index (χ0n) is 10.2. The van der Waals surface area contributed by atoms with Crippen molar-refractivity contribution in [2.24, 2.45) is 7.05 Å². The van der Waals surface area contributed by atoms with Gasteiger partial charge in [-0.15, -0.1) is 0 Å². The average molecular weight is 295 g/mol. The van der Waals surface area contributed by atoms with E-state index in [9.17, 15) is 0 Å². The molecule has 0 bridgehead atoms. The monoisotopic (exact) mass is 294 g/mol. The first kappa shape index (κ1) is 12.2. The minimum atomic E-state index is 0.540. The van der Waals surface area contributed by atoms with Crippen LogP contribution >= 0.6 is 15.9 Å². The molecular formula is C13H15BrN2O. The third-order valence-corrected chi connectivity index (χ3v) is 3.50. The topological polar surface area (TPSA) is 27.1 Å². The lowest BCUT2D eigenvalue weighted by Crippen LogP contribution is -2.03. The van der Waals surface area contributed by atoms with Crippen molar-refractivity contribution in [3.8, 4) is 5.75 Å². The molecule has 90 valence electrons. The van der Waals surface area contributed by atoms with Gasteiger partial charge in [-0.25, -0.2) is 0 Å². The molecule has 1 aromatic carbocycles. The zero-order chi connectivity index (χ0) is 12.4. The summed E-state index contributed by atoms with van der Waals surface area (Å²) in [5.74, 6) is 0.879. The largest absolute Gasteiger partial charge is 0.487 e. The first-order valence-corrected chi connectivity index (χ1v) is 6.24. The van der Waals surface area contributed by atoms with Gasteiger partial charge in [0.2, 0.25) is 0 Å². The van der Waals surface area contributed by atoms with Crippen LogP contribution in [0.5, 0.6) is 5.75 Å². The number of aryl methyl sites for hydroxylation is 3. The Morgan fingerprint density at radius 3 is 2.65 bits per heavy atom. The molecule has 0 radical (unpaired) electrons. The fourth-order valence-corrected chi connectivity index (χ4v) is 1.91. The Kier molecular flexibility index (Phi) is 3.52. The van der Waals surface area contributed by atoms with Crippen LogP contribution in [0.4, 0.5) is 0 Å². The van der Waals surface area contributed by atoms with E-state index < -0.39 is 0 Å². The summed E-state index contributed by atoms with van der Waals surface area (Å²) in [6.45, 7) is 4.57. The Balaban J connectivity index is 2.07. The van der Waals surface area contributed by atoms with Crippen LogP contribution in [0, 0.1) is 13.8 Å². The molecule has 2 aromatic rings. The van der Waals surface area contributed by atoms with Crippen molar-refractivity contribution in [3.63, 3.8) is 0 Å². The Bertz CT molecular complexity index is 534. The van der Waals surface area contributed by atoms with E-state index in [1.165, 1.54) is 5.56 Å². The Morgan fingerprint density at radius 2 is 2.06 bits per heavy atom. The minimum absolute atomic E-state index is 0.540. The third kappa shape index (κ3) is 2.88. The molecule has 0 atom stereocenters. The summed E-state index contributed by atoms with van der Waals surface area (Å²) >= 11 is 3.47. The van der Waals surface area contributed by atoms with Gasteiger partial charge in [0, 0.05) is 11.5 Å². The molecule has 0 amide bonds. The second-order valence-corrected chi connectivity index (χ2v) is 4.95. The minimum Gasteiger partial charge on any atom is -0.487 e. The molecule has 2 rings (SSSR count). The molecular weight excluding hydrogens is 280 g/mol. The highest BCUT2D eigenvalue weighted by atomic mass is 79.9. The number of aromatic nitrogens is 2. The van der Waals surface area contributed by atoms with Crippen molar-refractivity contribution in [1.29, 1.82) is 0 Å². The molecule has 0 fully saturated rings. The average Bonchev–Trinajstić information content (AvgIpc) is 2.59. The van der Waals surface area contributed by atoms with Crippen molar-refractivity contribution < 1.29 is 4.74 Å². The summed E-state index contributed by atoms with van der Waals surface area (Å²) in [6.07, 6.45) is 0. The van der Waals surface area contributed by atoms with Crippen molar-refractivity contribution in [2.75, 3.05) is 0 Å². The van der Waals surface area contributed by atoms with Gasteiger partial charge in [0.05, 0.1) is 11.4 Å². The van der Waals surface area contributed by atoms with Crippen LogP contribution in [0.15, 0.2) is 28.7 Å². The lowest BCUT2D eigenvalue weighted by Gasteiger charge is -2.07. The summed E-state index contributed by atoms with van der Waals surface area (Å²) in [7, 11) is 1.93. The van der Waals surface area contributed by atoms with Crippen molar-refractivity contribution in [3.05, 3.63) is 45.7 Å². The molecule has 0 saturated carbocycles. The van der Waals surface area contributed by atoms with E-state index >= 15 is 0 Å². The second kappa shape index (κ2) is 4.92. The molecule has 0 unspecified atom stereocenters. The lowest BCUT2D eigenvalue weighted by molar-refractivity contribution is 0.294. The molecule has 1 heterocycles. The predicted molar refractivity (Wildman–Crippen MR) is 71.2 cm³/mol. The Hall–Kier alpha value is -1.29. The summed E-state index contributed by atoms with van der Waals surface area (Å²) in [4.78, 5) is 0. The molecule has 3 nitrogen and oxygen atoms in total. The maximum atomic E-state index is 5.74. The molecule has 1 aromatic heterocycles. The van der Waals surface area contributed by atoms with Crippen LogP contribution in [-0.4, -0.2) is 9.78 Å². The first-order valence-electron chi connectivity index (χ1n) is 5.45. The molecule has 4 heteroatoms. The third-order valence-electron chi connectivity index (χ3n) is 2.62. The molecule has 0 N–H and O–H groups in total. The number of halogens is 1. The number of hydrogen-bond donors (Lipinski definition) is 0. The van der Waals surface area contributed by atoms with Gasteiger partial charge >= 0.3 is 0 Å². The van der Waals surface area contributed by atoms with Crippen LogP contribution in [0.2, 0.25) is 0 Å². The van der Waals surface area contributed by atoms with Crippen molar-refractivity contribution >= 4 is 15.9 Å². The highest BCUT2D eigenvalue weighted by molar-refractivity contribution is 9.10. The lowest BCUT2D eigenvalue weighted by atomic mass is 10.2. The molecule has 0 aliphatic rings. The number of ether oxygens (including phenoxy) is 1. The first-order chi connectivity index (χ1) is 8.06. The van der Waals surface area contributed by atoms with Gasteiger partial charge in [-0.05, 0) is 43.7 Å². The van der Waals surface area contributed by atoms with Gasteiger partial charge in [0.1, 0.15) is 12.4 Å². The van der Waals surface area contributed by atoms with Crippen LogP contribution < -0.4 is 4.74 Å². The number of benzene rings is 1. The van der Waals surface area contributed by atoms with E-state index in [4.69, 9.17) is 4.74 Å². The normalized spacial score (nSPS) is 10.6. The maximum absolute atomic E-state index is 5.74. The van der Waals surface area contributed by atoms with E-state index in [1.807, 2.05) is 49.8 Å². The summed E-state index contributed by atoms with van der Waals surface area (Å²) < 4.78 is 8.69. The standard InChI is InChI=1S/C13H15BrN2O/c1-9-6-12(4-5-13(9)14)17-8-11-7-10(2)15-16(11)3/h4-7H,8H2,1-3H3. The maximum Gasteiger partial charge on any atom is 0.130 e. The van der Waals surface area contributed by atoms with E-state index in [-0.39, 0.29) is 0 Å². The molecule has 0 aliphatic carbocycles. The number of hydrogen-bond acceptors (Lipinski definition) is 2. The summed E-state index contributed by atoms with van der Waals surface area (Å²) in [5, 5.41) is 4.28. The van der Waals surface area contributed by atoms with Crippen molar-refractivity contribution in [2.45, 2.75) is 20.5 Å². The van der Waals surface area contributed by atoms with Crippen LogP contribution in [0.3, 0.4) is 0 Å². The van der Waals surface area contributed by atoms with Crippen LogP contribution in [-0.2, 0) is 13.7 Å². The van der Waals surface area contributed by atoms with Gasteiger partial charge in [0.15, 0.2) is 0 Å². The fraction of sp³-hybridized carbons (Fsp3) is 0.308. The molecule has 17 heavy (non-hydrogen) atoms. The number of rotatable bonds is 3. The molecule has 0 spiro atoms. The van der Waals surface area contributed by atoms with Gasteiger partial charge in [-0.1, -0.05) is 15.9 Å². The van der Waals surface area contributed by atoms with Gasteiger partial charge < -0.3 is 4.74 Å². The van der Waals surface area contributed by atoms with E-state index in [2.05, 4.69) is 21.0 Å². The van der Waals surface area contributed by atoms with Gasteiger partial charge in [-0.3, -0.25) is 4.68 Å². The zero-order valence-corrected chi connectivity index (χ0v) is 11.8. The van der Waals surface area contributed by atoms with Crippen molar-refractivity contribution in [1.82, 2.24) is 9.78 Å². The summed E-state index contributed by atoms with van der Waals surface area (Å²) in [5.41, 5.74) is 3.25. The van der Waals surface area contributed by atoms with Crippen LogP contribution in [0.1, 0.15) is 17.0 Å². The van der Waals surface area contributed by atoms with E-state index in [0.717, 1.165) is 21.6 Å². The summed E-state index contributed by atoms with van der Waals surface area (Å²) in [6, 6.07) is 8.01. The molecule has 0 aliphatic heterocycles. The highest BCUT2D eigenvalue weighted by Gasteiger charge is 2.03.